The lowest BCUT2D eigenvalue weighted by Crippen LogP contribution is -2.05. The summed E-state index contributed by atoms with van der Waals surface area (Å²) >= 11 is 0. The molecule has 15 heavy (non-hydrogen) atoms. The van der Waals surface area contributed by atoms with Crippen molar-refractivity contribution in [3.8, 4) is 0 Å². The van der Waals surface area contributed by atoms with Crippen LogP contribution in [0.3, 0.4) is 0 Å². The number of carboxylic acids is 1. The number of aliphatic hydroxyl groups excluding tert-OH is 1. The van der Waals surface area contributed by atoms with Gasteiger partial charge in [0.15, 0.2) is 0 Å². The Morgan fingerprint density at radius 3 is 2.73 bits per heavy atom. The van der Waals surface area contributed by atoms with Gasteiger partial charge in [0, 0.05) is 12.1 Å². The van der Waals surface area contributed by atoms with Gasteiger partial charge in [0.25, 0.3) is 5.69 Å². The summed E-state index contributed by atoms with van der Waals surface area (Å²) in [6, 6.07) is 5.28. The first-order valence-electron chi connectivity index (χ1n) is 4.15. The summed E-state index contributed by atoms with van der Waals surface area (Å²) in [6.07, 6.45) is -1.69. The van der Waals surface area contributed by atoms with E-state index in [-0.39, 0.29) is 11.3 Å². The van der Waals surface area contributed by atoms with E-state index in [4.69, 9.17) is 5.11 Å². The second-order valence-electron chi connectivity index (χ2n) is 2.97. The van der Waals surface area contributed by atoms with Crippen molar-refractivity contribution in [2.24, 2.45) is 0 Å². The molecule has 1 aromatic carbocycles. The summed E-state index contributed by atoms with van der Waals surface area (Å²) < 4.78 is 0. The number of carbonyl (C=O) groups is 1. The first-order valence-corrected chi connectivity index (χ1v) is 4.15. The average molecular weight is 211 g/mol. The smallest absolute Gasteiger partial charge is 0.306 e. The Hall–Kier alpha value is -1.95. The van der Waals surface area contributed by atoms with E-state index < -0.39 is 23.4 Å². The Kier molecular flexibility index (Phi) is 3.35. The molecule has 0 spiro atoms. The maximum atomic E-state index is 10.4. The Morgan fingerprint density at radius 2 is 2.20 bits per heavy atom. The van der Waals surface area contributed by atoms with Gasteiger partial charge in [-0.3, -0.25) is 14.9 Å². The van der Waals surface area contributed by atoms with Crippen molar-refractivity contribution in [1.29, 1.82) is 0 Å². The highest BCUT2D eigenvalue weighted by molar-refractivity contribution is 5.67. The quantitative estimate of drug-likeness (QED) is 0.573. The molecule has 0 amide bonds. The third-order valence-electron chi connectivity index (χ3n) is 1.83. The number of hydrogen-bond donors (Lipinski definition) is 2. The van der Waals surface area contributed by atoms with Crippen LogP contribution in [-0.4, -0.2) is 21.1 Å². The Labute approximate surface area is 84.9 Å². The van der Waals surface area contributed by atoms with Gasteiger partial charge in [0.2, 0.25) is 0 Å². The first-order chi connectivity index (χ1) is 7.00. The van der Waals surface area contributed by atoms with E-state index in [1.807, 2.05) is 0 Å². The second kappa shape index (κ2) is 4.52. The normalized spacial score (nSPS) is 12.1. The summed E-state index contributed by atoms with van der Waals surface area (Å²) in [6.45, 7) is 0. The van der Waals surface area contributed by atoms with E-state index in [0.717, 1.165) is 6.07 Å². The van der Waals surface area contributed by atoms with Crippen molar-refractivity contribution < 1.29 is 19.9 Å². The molecule has 80 valence electrons. The minimum Gasteiger partial charge on any atom is -0.481 e. The van der Waals surface area contributed by atoms with Crippen LogP contribution < -0.4 is 0 Å². The number of non-ortho nitro benzene ring substituents is 1. The summed E-state index contributed by atoms with van der Waals surface area (Å²) in [5.41, 5.74) is 0.0588. The second-order valence-corrected chi connectivity index (χ2v) is 2.97. The van der Waals surface area contributed by atoms with Crippen LogP contribution >= 0.6 is 0 Å². The van der Waals surface area contributed by atoms with Crippen molar-refractivity contribution in [2.75, 3.05) is 0 Å². The molecule has 1 rings (SSSR count). The molecule has 1 aromatic rings. The number of nitro groups is 1. The number of carboxylic acid groups (broad SMARTS) is 1. The van der Waals surface area contributed by atoms with Gasteiger partial charge in [-0.05, 0) is 5.56 Å². The summed E-state index contributed by atoms with van der Waals surface area (Å²) in [4.78, 5) is 20.1. The van der Waals surface area contributed by atoms with Crippen LogP contribution in [0.1, 0.15) is 18.1 Å². The van der Waals surface area contributed by atoms with Crippen LogP contribution in [0.2, 0.25) is 0 Å². The first kappa shape index (κ1) is 11.1. The van der Waals surface area contributed by atoms with Crippen LogP contribution in [0.5, 0.6) is 0 Å². The lowest BCUT2D eigenvalue weighted by Gasteiger charge is -2.07. The lowest BCUT2D eigenvalue weighted by molar-refractivity contribution is -0.385. The zero-order valence-corrected chi connectivity index (χ0v) is 7.66. The van der Waals surface area contributed by atoms with Crippen molar-refractivity contribution in [1.82, 2.24) is 0 Å². The largest absolute Gasteiger partial charge is 0.481 e. The van der Waals surface area contributed by atoms with Gasteiger partial charge < -0.3 is 10.2 Å². The molecule has 0 bridgehead atoms. The summed E-state index contributed by atoms with van der Waals surface area (Å²) in [5.74, 6) is -1.16. The molecule has 6 heteroatoms. The Morgan fingerprint density at radius 1 is 1.53 bits per heavy atom. The van der Waals surface area contributed by atoms with Crippen molar-refractivity contribution in [3.05, 3.63) is 39.9 Å². The van der Waals surface area contributed by atoms with E-state index in [2.05, 4.69) is 0 Å². The lowest BCUT2D eigenvalue weighted by atomic mass is 10.1. The molecule has 1 unspecified atom stereocenters. The Balaban J connectivity index is 2.89. The molecule has 0 radical (unpaired) electrons. The molecule has 2 N–H and O–H groups in total. The predicted octanol–water partition coefficient (Wildman–Crippen LogP) is 1.10. The number of rotatable bonds is 4. The van der Waals surface area contributed by atoms with E-state index in [1.165, 1.54) is 18.2 Å². The molecule has 0 fully saturated rings. The number of nitrogens with zero attached hydrogens (tertiary/aromatic N) is 1. The number of aliphatic carboxylic acids is 1. The molecule has 0 heterocycles. The molecule has 0 aromatic heterocycles. The monoisotopic (exact) mass is 211 g/mol. The van der Waals surface area contributed by atoms with E-state index in [1.54, 1.807) is 0 Å². The SMILES string of the molecule is O=C(O)CC(O)c1cccc([N+](=O)[O-])c1. The molecule has 1 atom stereocenters. The van der Waals surface area contributed by atoms with Gasteiger partial charge in [0.1, 0.15) is 0 Å². The summed E-state index contributed by atoms with van der Waals surface area (Å²) in [5, 5.41) is 28.2. The van der Waals surface area contributed by atoms with Gasteiger partial charge in [-0.15, -0.1) is 0 Å². The molecular formula is C9H9NO5. The number of aliphatic hydroxyl groups is 1. The third kappa shape index (κ3) is 3.03. The molecule has 0 aliphatic carbocycles. The third-order valence-corrected chi connectivity index (χ3v) is 1.83. The molecule has 0 aliphatic heterocycles. The van der Waals surface area contributed by atoms with Crippen LogP contribution in [0.4, 0.5) is 5.69 Å². The van der Waals surface area contributed by atoms with Crippen LogP contribution in [0.25, 0.3) is 0 Å². The fraction of sp³-hybridized carbons (Fsp3) is 0.222. The zero-order valence-electron chi connectivity index (χ0n) is 7.66. The topological polar surface area (TPSA) is 101 Å². The minimum absolute atomic E-state index is 0.170. The summed E-state index contributed by atoms with van der Waals surface area (Å²) in [7, 11) is 0. The standard InChI is InChI=1S/C9H9NO5/c11-8(5-9(12)13)6-2-1-3-7(4-6)10(14)15/h1-4,8,11H,5H2,(H,12,13). The van der Waals surface area contributed by atoms with Crippen molar-refractivity contribution in [2.45, 2.75) is 12.5 Å². The average Bonchev–Trinajstić information content (AvgIpc) is 2.17. The Bertz CT molecular complexity index is 390. The number of benzene rings is 1. The highest BCUT2D eigenvalue weighted by atomic mass is 16.6. The fourth-order valence-corrected chi connectivity index (χ4v) is 1.13. The minimum atomic E-state index is -1.22. The molecule has 0 saturated heterocycles. The van der Waals surface area contributed by atoms with Gasteiger partial charge in [-0.2, -0.15) is 0 Å². The van der Waals surface area contributed by atoms with Crippen molar-refractivity contribution in [3.63, 3.8) is 0 Å². The van der Waals surface area contributed by atoms with Crippen molar-refractivity contribution >= 4 is 11.7 Å². The van der Waals surface area contributed by atoms with Crippen LogP contribution in [0.15, 0.2) is 24.3 Å². The van der Waals surface area contributed by atoms with Crippen LogP contribution in [0, 0.1) is 10.1 Å². The van der Waals surface area contributed by atoms with Gasteiger partial charge in [0.05, 0.1) is 17.4 Å². The highest BCUT2D eigenvalue weighted by Crippen LogP contribution is 2.21. The van der Waals surface area contributed by atoms with Gasteiger partial charge in [-0.25, -0.2) is 0 Å². The van der Waals surface area contributed by atoms with E-state index in [9.17, 15) is 20.0 Å². The number of hydrogen-bond acceptors (Lipinski definition) is 4. The molecular weight excluding hydrogens is 202 g/mol. The highest BCUT2D eigenvalue weighted by Gasteiger charge is 2.14. The maximum Gasteiger partial charge on any atom is 0.306 e. The molecule has 0 saturated carbocycles. The van der Waals surface area contributed by atoms with E-state index in [0.29, 0.717) is 0 Å². The maximum absolute atomic E-state index is 10.4. The van der Waals surface area contributed by atoms with Gasteiger partial charge >= 0.3 is 5.97 Å². The number of nitro benzene ring substituents is 1. The fourth-order valence-electron chi connectivity index (χ4n) is 1.13. The van der Waals surface area contributed by atoms with Gasteiger partial charge in [-0.1, -0.05) is 12.1 Å². The zero-order chi connectivity index (χ0) is 11.4. The van der Waals surface area contributed by atoms with E-state index >= 15 is 0 Å². The molecule has 6 nitrogen and oxygen atoms in total. The molecule has 0 aliphatic rings. The van der Waals surface area contributed by atoms with Crippen LogP contribution in [-0.2, 0) is 4.79 Å². The predicted molar refractivity (Wildman–Crippen MR) is 50.3 cm³/mol.